The predicted octanol–water partition coefficient (Wildman–Crippen LogP) is 6.86. The average molecular weight is 618 g/mol. The SMILES string of the molecule is CC(C)(C)OC(=O)N1CC(Oc2cc(N(C(=O)OC(C)(C)C)C3CCC(F)(F)CC3)nc(-c3nc(C(F)F)cs3)n2)C1. The quantitative estimate of drug-likeness (QED) is 0.324. The zero-order valence-corrected chi connectivity index (χ0v) is 25.1. The van der Waals surface area contributed by atoms with E-state index in [1.165, 1.54) is 21.2 Å². The average Bonchev–Trinajstić information content (AvgIpc) is 3.31. The van der Waals surface area contributed by atoms with E-state index in [-0.39, 0.29) is 48.5 Å². The van der Waals surface area contributed by atoms with Crippen LogP contribution in [0.5, 0.6) is 5.88 Å². The van der Waals surface area contributed by atoms with Crippen LogP contribution >= 0.6 is 11.3 Å². The number of anilines is 1. The van der Waals surface area contributed by atoms with Crippen molar-refractivity contribution < 1.29 is 41.4 Å². The van der Waals surface area contributed by atoms with Crippen molar-refractivity contribution >= 4 is 29.3 Å². The molecule has 0 radical (unpaired) electrons. The molecule has 0 spiro atoms. The molecule has 4 rings (SSSR count). The lowest BCUT2D eigenvalue weighted by Gasteiger charge is -2.39. The first kappa shape index (κ1) is 31.7. The minimum Gasteiger partial charge on any atom is -0.470 e. The molecule has 3 heterocycles. The second-order valence-electron chi connectivity index (χ2n) is 12.3. The smallest absolute Gasteiger partial charge is 0.416 e. The lowest BCUT2D eigenvalue weighted by molar-refractivity contribution is -0.0388. The third-order valence-electron chi connectivity index (χ3n) is 6.30. The number of aromatic nitrogens is 3. The van der Waals surface area contributed by atoms with Crippen LogP contribution in [0.1, 0.15) is 79.3 Å². The van der Waals surface area contributed by atoms with Crippen LogP contribution in [0.4, 0.5) is 33.0 Å². The Morgan fingerprint density at radius 1 is 1.02 bits per heavy atom. The molecule has 42 heavy (non-hydrogen) atoms. The van der Waals surface area contributed by atoms with E-state index in [0.29, 0.717) is 0 Å². The molecule has 232 valence electrons. The molecular formula is C27H35F4N5O5S. The van der Waals surface area contributed by atoms with Gasteiger partial charge in [-0.05, 0) is 54.4 Å². The Balaban J connectivity index is 1.66. The number of halogens is 4. The Morgan fingerprint density at radius 3 is 2.19 bits per heavy atom. The van der Waals surface area contributed by atoms with Gasteiger partial charge < -0.3 is 19.1 Å². The molecule has 1 aliphatic heterocycles. The largest absolute Gasteiger partial charge is 0.470 e. The van der Waals surface area contributed by atoms with Crippen LogP contribution in [0.2, 0.25) is 0 Å². The summed E-state index contributed by atoms with van der Waals surface area (Å²) in [6.07, 6.45) is -5.48. The lowest BCUT2D eigenvalue weighted by Crippen LogP contribution is -2.57. The molecule has 0 aromatic carbocycles. The fourth-order valence-electron chi connectivity index (χ4n) is 4.36. The molecule has 0 N–H and O–H groups in total. The van der Waals surface area contributed by atoms with Gasteiger partial charge in [-0.2, -0.15) is 4.98 Å². The maximum Gasteiger partial charge on any atom is 0.416 e. The van der Waals surface area contributed by atoms with Crippen molar-refractivity contribution in [3.63, 3.8) is 0 Å². The van der Waals surface area contributed by atoms with Crippen LogP contribution < -0.4 is 9.64 Å². The molecule has 1 saturated carbocycles. The third-order valence-corrected chi connectivity index (χ3v) is 7.16. The topological polar surface area (TPSA) is 107 Å². The van der Waals surface area contributed by atoms with E-state index in [1.54, 1.807) is 41.5 Å². The van der Waals surface area contributed by atoms with Crippen LogP contribution in [0, 0.1) is 0 Å². The molecule has 15 heteroatoms. The lowest BCUT2D eigenvalue weighted by atomic mass is 9.91. The van der Waals surface area contributed by atoms with Crippen molar-refractivity contribution in [2.75, 3.05) is 18.0 Å². The van der Waals surface area contributed by atoms with Gasteiger partial charge in [-0.15, -0.1) is 11.3 Å². The molecule has 2 aromatic rings. The van der Waals surface area contributed by atoms with Gasteiger partial charge in [-0.1, -0.05) is 0 Å². The second-order valence-corrected chi connectivity index (χ2v) is 13.2. The molecule has 10 nitrogen and oxygen atoms in total. The monoisotopic (exact) mass is 617 g/mol. The Kier molecular flexibility index (Phi) is 8.91. The van der Waals surface area contributed by atoms with Gasteiger partial charge in [0.15, 0.2) is 10.8 Å². The summed E-state index contributed by atoms with van der Waals surface area (Å²) in [6, 6.07) is 0.701. The summed E-state index contributed by atoms with van der Waals surface area (Å²) in [5.74, 6) is -2.95. The van der Waals surface area contributed by atoms with Crippen molar-refractivity contribution in [3.05, 3.63) is 17.1 Å². The maximum absolute atomic E-state index is 14.0. The van der Waals surface area contributed by atoms with Gasteiger partial charge in [0.05, 0.1) is 13.1 Å². The number of thiazole rings is 1. The van der Waals surface area contributed by atoms with E-state index in [0.717, 1.165) is 11.3 Å². The van der Waals surface area contributed by atoms with Gasteiger partial charge in [0.2, 0.25) is 11.8 Å². The third kappa shape index (κ3) is 8.19. The first-order valence-electron chi connectivity index (χ1n) is 13.6. The Morgan fingerprint density at radius 2 is 1.64 bits per heavy atom. The van der Waals surface area contributed by atoms with Crippen molar-refractivity contribution in [2.45, 2.75) is 103 Å². The number of nitrogens with zero attached hydrogens (tertiary/aromatic N) is 5. The minimum atomic E-state index is -2.85. The molecule has 2 aliphatic rings. The van der Waals surface area contributed by atoms with E-state index >= 15 is 0 Å². The molecule has 1 saturated heterocycles. The van der Waals surface area contributed by atoms with Crippen LogP contribution in [-0.4, -0.2) is 74.4 Å². The summed E-state index contributed by atoms with van der Waals surface area (Å²) >= 11 is 0.887. The first-order valence-corrected chi connectivity index (χ1v) is 14.4. The number of rotatable bonds is 6. The number of carbonyl (C=O) groups is 2. The summed E-state index contributed by atoms with van der Waals surface area (Å²) in [7, 11) is 0. The van der Waals surface area contributed by atoms with Crippen molar-refractivity contribution in [2.24, 2.45) is 0 Å². The molecule has 1 aliphatic carbocycles. The zero-order chi connectivity index (χ0) is 31.0. The van der Waals surface area contributed by atoms with E-state index in [1.807, 2.05) is 0 Å². The van der Waals surface area contributed by atoms with E-state index in [2.05, 4.69) is 15.0 Å². The van der Waals surface area contributed by atoms with Crippen molar-refractivity contribution in [1.82, 2.24) is 19.9 Å². The van der Waals surface area contributed by atoms with Crippen molar-refractivity contribution in [3.8, 4) is 16.7 Å². The van der Waals surface area contributed by atoms with E-state index in [9.17, 15) is 27.2 Å². The molecular weight excluding hydrogens is 582 g/mol. The number of hydrogen-bond acceptors (Lipinski definition) is 9. The maximum atomic E-state index is 14.0. The van der Waals surface area contributed by atoms with Gasteiger partial charge in [0.25, 0.3) is 6.43 Å². The van der Waals surface area contributed by atoms with Gasteiger partial charge in [0, 0.05) is 30.3 Å². The number of ether oxygens (including phenoxy) is 3. The Bertz CT molecular complexity index is 1280. The van der Waals surface area contributed by atoms with Crippen LogP contribution in [-0.2, 0) is 9.47 Å². The normalized spacial score (nSPS) is 18.0. The summed E-state index contributed by atoms with van der Waals surface area (Å²) in [4.78, 5) is 41.1. The number of hydrogen-bond donors (Lipinski definition) is 0. The molecule has 0 unspecified atom stereocenters. The molecule has 0 atom stereocenters. The summed E-state index contributed by atoms with van der Waals surface area (Å²) in [5.41, 5.74) is -2.03. The fraction of sp³-hybridized carbons (Fsp3) is 0.667. The van der Waals surface area contributed by atoms with Gasteiger partial charge in [-0.25, -0.2) is 37.1 Å². The number of amides is 2. The molecule has 0 bridgehead atoms. The first-order chi connectivity index (χ1) is 19.4. The van der Waals surface area contributed by atoms with Crippen LogP contribution in [0.25, 0.3) is 10.8 Å². The molecule has 2 amide bonds. The van der Waals surface area contributed by atoms with Crippen molar-refractivity contribution in [1.29, 1.82) is 0 Å². The van der Waals surface area contributed by atoms with Gasteiger partial charge >= 0.3 is 12.2 Å². The Labute approximate surface area is 245 Å². The van der Waals surface area contributed by atoms with E-state index in [4.69, 9.17) is 14.2 Å². The molecule has 2 aromatic heterocycles. The predicted molar refractivity (Wildman–Crippen MR) is 146 cm³/mol. The summed E-state index contributed by atoms with van der Waals surface area (Å²) in [5, 5.41) is 1.23. The number of carbonyl (C=O) groups excluding carboxylic acids is 2. The summed E-state index contributed by atoms with van der Waals surface area (Å²) in [6.45, 7) is 10.7. The van der Waals surface area contributed by atoms with Gasteiger partial charge in [-0.3, -0.25) is 4.90 Å². The number of alkyl halides is 4. The highest BCUT2D eigenvalue weighted by molar-refractivity contribution is 7.13. The number of likely N-dealkylation sites (tertiary alicyclic amines) is 1. The van der Waals surface area contributed by atoms with Gasteiger partial charge in [0.1, 0.15) is 28.8 Å². The summed E-state index contributed by atoms with van der Waals surface area (Å²) < 4.78 is 71.6. The van der Waals surface area contributed by atoms with Crippen LogP contribution in [0.15, 0.2) is 11.4 Å². The second kappa shape index (κ2) is 11.8. The fourth-order valence-corrected chi connectivity index (χ4v) is 5.11. The Hall–Kier alpha value is -3.23. The van der Waals surface area contributed by atoms with E-state index < -0.39 is 66.4 Å². The highest BCUT2D eigenvalue weighted by atomic mass is 32.1. The molecule has 2 fully saturated rings. The van der Waals surface area contributed by atoms with Crippen LogP contribution in [0.3, 0.4) is 0 Å². The highest BCUT2D eigenvalue weighted by Gasteiger charge is 2.41. The zero-order valence-electron chi connectivity index (χ0n) is 24.3. The highest BCUT2D eigenvalue weighted by Crippen LogP contribution is 2.38. The minimum absolute atomic E-state index is 0.00316. The standard InChI is InChI=1S/C27H35F4N5O5S/c1-25(2,3)40-23(37)35-12-16(13-35)39-19-11-18(33-21(34-19)22-32-17(14-42-22)20(28)29)36(24(38)41-26(4,5)6)15-7-9-27(30,31)10-8-15/h11,14-16,20H,7-10,12-13H2,1-6H3.